The van der Waals surface area contributed by atoms with Crippen LogP contribution in [-0.2, 0) is 32.3 Å². The number of ether oxygens (including phenoxy) is 2. The van der Waals surface area contributed by atoms with Crippen LogP contribution >= 0.6 is 0 Å². The normalized spacial score (nSPS) is 11.5. The van der Waals surface area contributed by atoms with E-state index in [9.17, 15) is 14.4 Å². The van der Waals surface area contributed by atoms with Crippen molar-refractivity contribution in [1.82, 2.24) is 0 Å². The molecule has 186 valence electrons. The molecule has 0 N–H and O–H groups in total. The first-order valence-corrected chi connectivity index (χ1v) is 12.2. The Morgan fingerprint density at radius 1 is 0.541 bits per heavy atom. The molecule has 37 heavy (non-hydrogen) atoms. The molecule has 1 atom stereocenters. The molecule has 0 aliphatic heterocycles. The molecule has 0 aliphatic carbocycles. The number of hydrogen-bond acceptors (Lipinski definition) is 5. The van der Waals surface area contributed by atoms with E-state index in [0.717, 1.165) is 11.1 Å². The van der Waals surface area contributed by atoms with Crippen LogP contribution < -0.4 is 0 Å². The summed E-state index contributed by atoms with van der Waals surface area (Å²) in [4.78, 5) is 40.2. The molecular weight excluding hydrogens is 464 g/mol. The molecule has 5 nitrogen and oxygen atoms in total. The van der Waals surface area contributed by atoms with E-state index < -0.39 is 23.8 Å². The third-order valence-electron chi connectivity index (χ3n) is 6.09. The number of rotatable bonds is 11. The van der Waals surface area contributed by atoms with Crippen molar-refractivity contribution in [2.75, 3.05) is 0 Å². The van der Waals surface area contributed by atoms with E-state index in [-0.39, 0.29) is 25.4 Å². The first-order chi connectivity index (χ1) is 18.1. The second-order valence-corrected chi connectivity index (χ2v) is 8.67. The molecule has 0 saturated heterocycles. The Balaban J connectivity index is 1.63. The fraction of sp³-hybridized carbons (Fsp3) is 0.156. The van der Waals surface area contributed by atoms with Crippen molar-refractivity contribution in [1.29, 1.82) is 0 Å². The van der Waals surface area contributed by atoms with Crippen LogP contribution in [0.15, 0.2) is 121 Å². The fourth-order valence-electron chi connectivity index (χ4n) is 4.13. The molecule has 0 aromatic heterocycles. The van der Waals surface area contributed by atoms with Crippen molar-refractivity contribution in [2.45, 2.75) is 25.6 Å². The molecule has 0 aliphatic rings. The third kappa shape index (κ3) is 7.24. The molecule has 0 unspecified atom stereocenters. The minimum absolute atomic E-state index is 0.0102. The predicted octanol–water partition coefficient (Wildman–Crippen LogP) is 6.15. The molecule has 0 amide bonds. The highest BCUT2D eigenvalue weighted by Gasteiger charge is 2.40. The van der Waals surface area contributed by atoms with Gasteiger partial charge in [0, 0.05) is 17.9 Å². The molecule has 0 saturated carbocycles. The van der Waals surface area contributed by atoms with Gasteiger partial charge in [0.15, 0.2) is 11.7 Å². The lowest BCUT2D eigenvalue weighted by Crippen LogP contribution is -2.34. The van der Waals surface area contributed by atoms with Gasteiger partial charge < -0.3 is 9.47 Å². The van der Waals surface area contributed by atoms with Crippen molar-refractivity contribution in [3.05, 3.63) is 144 Å². The lowest BCUT2D eigenvalue weighted by Gasteiger charge is -2.25. The van der Waals surface area contributed by atoms with E-state index in [2.05, 4.69) is 0 Å². The zero-order valence-corrected chi connectivity index (χ0v) is 20.4. The number of Topliss-reactive ketones (excluding diaryl/α,β-unsaturated/α-hetero) is 1. The summed E-state index contributed by atoms with van der Waals surface area (Å²) in [5, 5.41) is 0. The Bertz CT molecular complexity index is 1230. The van der Waals surface area contributed by atoms with Crippen molar-refractivity contribution >= 4 is 17.7 Å². The number of hydrogen-bond donors (Lipinski definition) is 0. The molecule has 4 aromatic carbocycles. The van der Waals surface area contributed by atoms with E-state index in [1.54, 1.807) is 24.3 Å². The van der Waals surface area contributed by atoms with E-state index in [1.807, 2.05) is 97.1 Å². The summed E-state index contributed by atoms with van der Waals surface area (Å²) in [5.41, 5.74) is 2.79. The highest BCUT2D eigenvalue weighted by Crippen LogP contribution is 2.32. The topological polar surface area (TPSA) is 69.7 Å². The second kappa shape index (κ2) is 13.0. The van der Waals surface area contributed by atoms with Gasteiger partial charge in [-0.1, -0.05) is 121 Å². The summed E-state index contributed by atoms with van der Waals surface area (Å²) in [6.07, 6.45) is -0.0560. The van der Waals surface area contributed by atoms with Crippen LogP contribution in [0.4, 0.5) is 0 Å². The van der Waals surface area contributed by atoms with E-state index in [4.69, 9.17) is 9.47 Å². The molecule has 4 aromatic rings. The average Bonchev–Trinajstić information content (AvgIpc) is 2.96. The molecule has 0 bridgehead atoms. The Morgan fingerprint density at radius 3 is 1.41 bits per heavy atom. The van der Waals surface area contributed by atoms with Crippen molar-refractivity contribution in [2.24, 2.45) is 5.92 Å². The number of ketones is 1. The van der Waals surface area contributed by atoms with Gasteiger partial charge in [0.25, 0.3) is 0 Å². The van der Waals surface area contributed by atoms with E-state index >= 15 is 0 Å². The monoisotopic (exact) mass is 492 g/mol. The van der Waals surface area contributed by atoms with Gasteiger partial charge in [-0.25, -0.2) is 0 Å². The Kier molecular flexibility index (Phi) is 8.97. The molecule has 0 radical (unpaired) electrons. The van der Waals surface area contributed by atoms with Gasteiger partial charge in [-0.05, 0) is 16.7 Å². The van der Waals surface area contributed by atoms with E-state index in [0.29, 0.717) is 11.1 Å². The Labute approximate surface area is 216 Å². The predicted molar refractivity (Wildman–Crippen MR) is 141 cm³/mol. The largest absolute Gasteiger partial charge is 0.460 e. The maximum atomic E-state index is 13.5. The van der Waals surface area contributed by atoms with Gasteiger partial charge in [0.2, 0.25) is 0 Å². The lowest BCUT2D eigenvalue weighted by atomic mass is 9.81. The average molecular weight is 493 g/mol. The summed E-state index contributed by atoms with van der Waals surface area (Å²) >= 11 is 0. The van der Waals surface area contributed by atoms with Crippen LogP contribution in [0, 0.1) is 5.92 Å². The minimum atomic E-state index is -1.32. The highest BCUT2D eigenvalue weighted by atomic mass is 16.6. The number of esters is 2. The van der Waals surface area contributed by atoms with Crippen LogP contribution in [0.25, 0.3) is 0 Å². The molecular formula is C32H28O5. The molecule has 5 heteroatoms. The van der Waals surface area contributed by atoms with Crippen molar-refractivity contribution in [3.8, 4) is 0 Å². The van der Waals surface area contributed by atoms with Gasteiger partial charge in [0.05, 0.1) is 0 Å². The minimum Gasteiger partial charge on any atom is -0.460 e. The zero-order chi connectivity index (χ0) is 25.9. The molecule has 0 spiro atoms. The molecule has 0 fully saturated rings. The van der Waals surface area contributed by atoms with Gasteiger partial charge >= 0.3 is 11.9 Å². The Hall–Kier alpha value is -4.51. The SMILES string of the molecule is O=C(C[C@H](c1ccccc1)C(C(=O)OCc1ccccc1)C(=O)OCc1ccccc1)c1ccccc1. The zero-order valence-electron chi connectivity index (χ0n) is 20.4. The fourth-order valence-corrected chi connectivity index (χ4v) is 4.13. The number of carbonyl (C=O) groups is 3. The smallest absolute Gasteiger partial charge is 0.321 e. The van der Waals surface area contributed by atoms with Gasteiger partial charge in [0.1, 0.15) is 13.2 Å². The van der Waals surface area contributed by atoms with Crippen LogP contribution in [0.5, 0.6) is 0 Å². The lowest BCUT2D eigenvalue weighted by molar-refractivity contribution is -0.165. The standard InChI is InChI=1S/C32H28O5/c33-29(27-19-11-4-12-20-27)21-28(26-17-9-3-10-18-26)30(31(34)36-22-24-13-5-1-6-14-24)32(35)37-23-25-15-7-2-8-16-25/h1-20,28,30H,21-23H2/t28-/m1/s1. The van der Waals surface area contributed by atoms with Gasteiger partial charge in [-0.15, -0.1) is 0 Å². The molecule has 0 heterocycles. The number of carbonyl (C=O) groups excluding carboxylic acids is 3. The second-order valence-electron chi connectivity index (χ2n) is 8.67. The van der Waals surface area contributed by atoms with E-state index in [1.165, 1.54) is 0 Å². The quantitative estimate of drug-likeness (QED) is 0.143. The maximum Gasteiger partial charge on any atom is 0.321 e. The van der Waals surface area contributed by atoms with Crippen LogP contribution in [0.2, 0.25) is 0 Å². The maximum absolute atomic E-state index is 13.5. The van der Waals surface area contributed by atoms with Gasteiger partial charge in [-0.3, -0.25) is 14.4 Å². The van der Waals surface area contributed by atoms with Crippen LogP contribution in [-0.4, -0.2) is 17.7 Å². The van der Waals surface area contributed by atoms with Crippen molar-refractivity contribution < 1.29 is 23.9 Å². The molecule has 4 rings (SSSR count). The summed E-state index contributed by atoms with van der Waals surface area (Å²) in [5.74, 6) is -3.71. The first-order valence-electron chi connectivity index (χ1n) is 12.2. The summed E-state index contributed by atoms with van der Waals surface area (Å²) in [6, 6.07) is 36.4. The van der Waals surface area contributed by atoms with Crippen LogP contribution in [0.3, 0.4) is 0 Å². The highest BCUT2D eigenvalue weighted by molar-refractivity contribution is 6.00. The van der Waals surface area contributed by atoms with Crippen molar-refractivity contribution in [3.63, 3.8) is 0 Å². The Morgan fingerprint density at radius 2 is 0.946 bits per heavy atom. The third-order valence-corrected chi connectivity index (χ3v) is 6.09. The summed E-state index contributed by atoms with van der Waals surface area (Å²) in [6.45, 7) is 0.0204. The summed E-state index contributed by atoms with van der Waals surface area (Å²) < 4.78 is 11.2. The number of benzene rings is 4. The summed E-state index contributed by atoms with van der Waals surface area (Å²) in [7, 11) is 0. The van der Waals surface area contributed by atoms with Crippen LogP contribution in [0.1, 0.15) is 39.4 Å². The first kappa shape index (κ1) is 25.6. The van der Waals surface area contributed by atoms with Gasteiger partial charge in [-0.2, -0.15) is 0 Å².